The van der Waals surface area contributed by atoms with Gasteiger partial charge in [0.05, 0.1) is 5.92 Å². The van der Waals surface area contributed by atoms with Gasteiger partial charge in [0.15, 0.2) is 0 Å². The fourth-order valence-corrected chi connectivity index (χ4v) is 2.38. The molecule has 1 aliphatic heterocycles. The molecule has 1 saturated heterocycles. The second kappa shape index (κ2) is 5.45. The van der Waals surface area contributed by atoms with Crippen molar-refractivity contribution in [2.45, 2.75) is 31.5 Å². The van der Waals surface area contributed by atoms with Crippen molar-refractivity contribution in [3.63, 3.8) is 0 Å². The second-order valence-corrected chi connectivity index (χ2v) is 4.90. The molecule has 2 unspecified atom stereocenters. The Hall–Kier alpha value is -1.17. The lowest BCUT2D eigenvalue weighted by molar-refractivity contribution is -0.179. The predicted octanol–water partition coefficient (Wildman–Crippen LogP) is 3.44. The number of nitrogens with one attached hydrogen (secondary N) is 1. The first-order valence-electron chi connectivity index (χ1n) is 6.09. The lowest BCUT2D eigenvalue weighted by Crippen LogP contribution is -2.45. The largest absolute Gasteiger partial charge is 0.393 e. The highest BCUT2D eigenvalue weighted by Gasteiger charge is 2.41. The Bertz CT molecular complexity index is 415. The Balaban J connectivity index is 1.92. The summed E-state index contributed by atoms with van der Waals surface area (Å²) in [4.78, 5) is 0. The molecule has 0 aromatic heterocycles. The van der Waals surface area contributed by atoms with Crippen LogP contribution in [0.1, 0.15) is 18.4 Å². The maximum atomic E-state index is 13.0. The van der Waals surface area contributed by atoms with E-state index in [9.17, 15) is 22.0 Å². The van der Waals surface area contributed by atoms with Gasteiger partial charge in [-0.25, -0.2) is 8.78 Å². The van der Waals surface area contributed by atoms with Gasteiger partial charge in [-0.1, -0.05) is 0 Å². The summed E-state index contributed by atoms with van der Waals surface area (Å²) in [6, 6.07) is 3.03. The average Bonchev–Trinajstić information content (AvgIpc) is 2.26. The molecule has 1 N–H and O–H groups in total. The van der Waals surface area contributed by atoms with E-state index >= 15 is 0 Å². The number of rotatable bonds is 2. The van der Waals surface area contributed by atoms with Gasteiger partial charge in [-0.3, -0.25) is 0 Å². The highest BCUT2D eigenvalue weighted by molar-refractivity contribution is 5.19. The van der Waals surface area contributed by atoms with Crippen LogP contribution < -0.4 is 5.32 Å². The van der Waals surface area contributed by atoms with Crippen LogP contribution in [0.3, 0.4) is 0 Å². The van der Waals surface area contributed by atoms with Crippen molar-refractivity contribution in [1.29, 1.82) is 0 Å². The van der Waals surface area contributed by atoms with Crippen molar-refractivity contribution in [3.8, 4) is 0 Å². The van der Waals surface area contributed by atoms with Crippen LogP contribution in [-0.4, -0.2) is 18.8 Å². The highest BCUT2D eigenvalue weighted by atomic mass is 19.4. The third kappa shape index (κ3) is 3.89. The minimum absolute atomic E-state index is 0.0545. The third-order valence-electron chi connectivity index (χ3n) is 3.38. The zero-order valence-corrected chi connectivity index (χ0v) is 10.1. The van der Waals surface area contributed by atoms with Crippen LogP contribution >= 0.6 is 0 Å². The Kier molecular flexibility index (Phi) is 4.08. The zero-order valence-electron chi connectivity index (χ0n) is 10.1. The maximum absolute atomic E-state index is 13.0. The molecule has 1 aliphatic rings. The monoisotopic (exact) mass is 279 g/mol. The molecule has 2 atom stereocenters. The number of hydrogen-bond acceptors (Lipinski definition) is 1. The van der Waals surface area contributed by atoms with Gasteiger partial charge in [0.2, 0.25) is 0 Å². The topological polar surface area (TPSA) is 12.0 Å². The van der Waals surface area contributed by atoms with Crippen LogP contribution in [0.15, 0.2) is 18.2 Å². The minimum atomic E-state index is -4.18. The van der Waals surface area contributed by atoms with Crippen molar-refractivity contribution in [2.24, 2.45) is 5.92 Å². The van der Waals surface area contributed by atoms with Crippen LogP contribution in [-0.2, 0) is 6.42 Å². The quantitative estimate of drug-likeness (QED) is 0.818. The van der Waals surface area contributed by atoms with Crippen molar-refractivity contribution in [1.82, 2.24) is 5.32 Å². The van der Waals surface area contributed by atoms with Gasteiger partial charge in [-0.15, -0.1) is 0 Å². The summed E-state index contributed by atoms with van der Waals surface area (Å²) >= 11 is 0. The molecule has 0 bridgehead atoms. The van der Waals surface area contributed by atoms with Gasteiger partial charge in [-0.2, -0.15) is 13.2 Å². The maximum Gasteiger partial charge on any atom is 0.393 e. The molecule has 0 spiro atoms. The average molecular weight is 279 g/mol. The normalized spacial score (nSPS) is 24.5. The van der Waals surface area contributed by atoms with Gasteiger partial charge < -0.3 is 5.32 Å². The molecule has 1 heterocycles. The Labute approximate surface area is 107 Å². The van der Waals surface area contributed by atoms with E-state index in [1.807, 2.05) is 0 Å². The van der Waals surface area contributed by atoms with Crippen LogP contribution in [0.5, 0.6) is 0 Å². The third-order valence-corrected chi connectivity index (χ3v) is 3.38. The van der Waals surface area contributed by atoms with Gasteiger partial charge in [0.25, 0.3) is 0 Å². The number of piperidine rings is 1. The summed E-state index contributed by atoms with van der Waals surface area (Å²) in [6.07, 6.45) is -3.44. The van der Waals surface area contributed by atoms with Crippen molar-refractivity contribution in [2.75, 3.05) is 6.54 Å². The molecule has 1 aromatic rings. The van der Waals surface area contributed by atoms with Gasteiger partial charge in [0, 0.05) is 18.7 Å². The molecule has 6 heteroatoms. The molecule has 2 rings (SSSR count). The minimum Gasteiger partial charge on any atom is -0.313 e. The molecule has 0 amide bonds. The van der Waals surface area contributed by atoms with Crippen LogP contribution in [0, 0.1) is 17.6 Å². The molecule has 0 radical (unpaired) electrons. The number of halogens is 5. The summed E-state index contributed by atoms with van der Waals surface area (Å²) in [7, 11) is 0. The van der Waals surface area contributed by atoms with Crippen molar-refractivity contribution < 1.29 is 22.0 Å². The zero-order chi connectivity index (χ0) is 14.0. The summed E-state index contributed by atoms with van der Waals surface area (Å²) in [5, 5.41) is 2.80. The van der Waals surface area contributed by atoms with Gasteiger partial charge in [-0.05, 0) is 37.0 Å². The molecule has 1 nitrogen and oxygen atoms in total. The van der Waals surface area contributed by atoms with Crippen molar-refractivity contribution in [3.05, 3.63) is 35.4 Å². The van der Waals surface area contributed by atoms with Crippen LogP contribution in [0.25, 0.3) is 0 Å². The summed E-state index contributed by atoms with van der Waals surface area (Å²) in [5.74, 6) is -2.66. The number of hydrogen-bond donors (Lipinski definition) is 1. The van der Waals surface area contributed by atoms with E-state index in [2.05, 4.69) is 5.32 Å². The Morgan fingerprint density at radius 2 is 1.68 bits per heavy atom. The van der Waals surface area contributed by atoms with E-state index in [4.69, 9.17) is 0 Å². The lowest BCUT2D eigenvalue weighted by Gasteiger charge is -2.31. The second-order valence-electron chi connectivity index (χ2n) is 4.90. The molecule has 0 aliphatic carbocycles. The molecule has 1 aromatic carbocycles. The van der Waals surface area contributed by atoms with E-state index in [0.29, 0.717) is 18.4 Å². The summed E-state index contributed by atoms with van der Waals surface area (Å²) in [6.45, 7) is -0.133. The van der Waals surface area contributed by atoms with Crippen LogP contribution in [0.2, 0.25) is 0 Å². The summed E-state index contributed by atoms with van der Waals surface area (Å²) < 4.78 is 63.4. The van der Waals surface area contributed by atoms with Gasteiger partial charge >= 0.3 is 6.18 Å². The number of alkyl halides is 3. The Morgan fingerprint density at radius 3 is 2.16 bits per heavy atom. The molecular weight excluding hydrogens is 265 g/mol. The van der Waals surface area contributed by atoms with Crippen molar-refractivity contribution >= 4 is 0 Å². The Morgan fingerprint density at radius 1 is 1.05 bits per heavy atom. The molecular formula is C13H14F5N. The first kappa shape index (κ1) is 14.2. The van der Waals surface area contributed by atoms with E-state index < -0.39 is 23.7 Å². The first-order valence-corrected chi connectivity index (χ1v) is 6.09. The molecule has 1 fully saturated rings. The first-order chi connectivity index (χ1) is 8.84. The van der Waals surface area contributed by atoms with E-state index in [1.54, 1.807) is 0 Å². The lowest BCUT2D eigenvalue weighted by atomic mass is 9.91. The summed E-state index contributed by atoms with van der Waals surface area (Å²) in [5.41, 5.74) is 0.459. The standard InChI is InChI=1S/C13H14F5N/c14-10-3-8(4-11(15)6-10)5-12-2-1-9(7-19-12)13(16,17)18/h3-4,6,9,12,19H,1-2,5,7H2. The number of benzene rings is 1. The fourth-order valence-electron chi connectivity index (χ4n) is 2.38. The van der Waals surface area contributed by atoms with E-state index in [1.165, 1.54) is 12.1 Å². The molecule has 0 saturated carbocycles. The smallest absolute Gasteiger partial charge is 0.313 e. The van der Waals surface area contributed by atoms with Crippen LogP contribution in [0.4, 0.5) is 22.0 Å². The highest BCUT2D eigenvalue weighted by Crippen LogP contribution is 2.32. The van der Waals surface area contributed by atoms with E-state index in [-0.39, 0.29) is 19.0 Å². The van der Waals surface area contributed by atoms with Gasteiger partial charge in [0.1, 0.15) is 11.6 Å². The molecule has 106 valence electrons. The fraction of sp³-hybridized carbons (Fsp3) is 0.538. The van der Waals surface area contributed by atoms with E-state index in [0.717, 1.165) is 6.07 Å². The predicted molar refractivity (Wildman–Crippen MR) is 60.6 cm³/mol. The molecule has 19 heavy (non-hydrogen) atoms. The SMILES string of the molecule is Fc1cc(F)cc(CC2CCC(C(F)(F)F)CN2)c1.